The number of ether oxygens (including phenoxy) is 2. The van der Waals surface area contributed by atoms with Gasteiger partial charge in [0.25, 0.3) is 0 Å². The second kappa shape index (κ2) is 8.97. The van der Waals surface area contributed by atoms with Crippen molar-refractivity contribution in [2.45, 2.75) is 83.5 Å². The Morgan fingerprint density at radius 2 is 1.60 bits per heavy atom. The van der Waals surface area contributed by atoms with Crippen molar-refractivity contribution in [2.24, 2.45) is 34.5 Å². The summed E-state index contributed by atoms with van der Waals surface area (Å²) in [6.45, 7) is 7.80. The van der Waals surface area contributed by atoms with Crippen LogP contribution in [-0.4, -0.2) is 73.9 Å². The van der Waals surface area contributed by atoms with E-state index in [-0.39, 0.29) is 29.1 Å². The summed E-state index contributed by atoms with van der Waals surface area (Å²) >= 11 is 0. The molecule has 174 valence electrons. The molecule has 4 rings (SSSR count). The van der Waals surface area contributed by atoms with E-state index >= 15 is 0 Å². The number of likely N-dealkylation sites (N-methyl/N-ethyl adjacent to an activating group) is 1. The Balaban J connectivity index is 1.38. The zero-order valence-corrected chi connectivity index (χ0v) is 19.7. The lowest BCUT2D eigenvalue weighted by Gasteiger charge is -2.62. The van der Waals surface area contributed by atoms with E-state index in [1.165, 1.54) is 6.42 Å². The minimum Gasteiger partial charge on any atom is -0.393 e. The lowest BCUT2D eigenvalue weighted by atomic mass is 9.44. The van der Waals surface area contributed by atoms with Gasteiger partial charge < -0.3 is 24.6 Å². The van der Waals surface area contributed by atoms with Crippen LogP contribution in [0.1, 0.15) is 65.2 Å². The molecule has 0 aromatic carbocycles. The molecular weight excluding hydrogens is 378 g/mol. The Labute approximate surface area is 183 Å². The summed E-state index contributed by atoms with van der Waals surface area (Å²) in [5.41, 5.74) is 0.227. The largest absolute Gasteiger partial charge is 0.393 e. The predicted molar refractivity (Wildman–Crippen MR) is 118 cm³/mol. The first kappa shape index (κ1) is 23.0. The molecule has 0 spiro atoms. The summed E-state index contributed by atoms with van der Waals surface area (Å²) in [6.07, 6.45) is 8.53. The van der Waals surface area contributed by atoms with Gasteiger partial charge in [0.2, 0.25) is 0 Å². The van der Waals surface area contributed by atoms with Gasteiger partial charge in [0.05, 0.1) is 38.1 Å². The third kappa shape index (κ3) is 4.10. The summed E-state index contributed by atoms with van der Waals surface area (Å²) in [4.78, 5) is 2.13. The Bertz CT molecular complexity index is 585. The molecule has 1 unspecified atom stereocenters. The minimum atomic E-state index is -0.188. The number of aliphatic hydroxyl groups excluding tert-OH is 2. The fraction of sp³-hybridized carbons (Fsp3) is 1.00. The first-order chi connectivity index (χ1) is 14.3. The second-order valence-electron chi connectivity index (χ2n) is 11.6. The fourth-order valence-corrected chi connectivity index (χ4v) is 8.11. The van der Waals surface area contributed by atoms with Crippen LogP contribution in [0.2, 0.25) is 0 Å². The van der Waals surface area contributed by atoms with E-state index in [4.69, 9.17) is 9.47 Å². The molecule has 5 heteroatoms. The predicted octanol–water partition coefficient (Wildman–Crippen LogP) is 3.32. The molecule has 0 aliphatic heterocycles. The van der Waals surface area contributed by atoms with Crippen molar-refractivity contribution in [1.29, 1.82) is 0 Å². The van der Waals surface area contributed by atoms with Crippen LogP contribution in [-0.2, 0) is 9.47 Å². The van der Waals surface area contributed by atoms with Crippen molar-refractivity contribution in [2.75, 3.05) is 40.5 Å². The Morgan fingerprint density at radius 1 is 0.867 bits per heavy atom. The topological polar surface area (TPSA) is 62.2 Å². The number of hydrogen-bond donors (Lipinski definition) is 2. The van der Waals surface area contributed by atoms with Gasteiger partial charge in [-0.15, -0.1) is 0 Å². The molecule has 0 radical (unpaired) electrons. The van der Waals surface area contributed by atoms with Gasteiger partial charge in [-0.2, -0.15) is 0 Å². The van der Waals surface area contributed by atoms with Gasteiger partial charge in [-0.05, 0) is 100.0 Å². The van der Waals surface area contributed by atoms with E-state index in [9.17, 15) is 10.2 Å². The molecule has 4 aliphatic carbocycles. The van der Waals surface area contributed by atoms with E-state index in [1.807, 2.05) is 0 Å². The van der Waals surface area contributed by atoms with Gasteiger partial charge in [-0.1, -0.05) is 13.8 Å². The summed E-state index contributed by atoms with van der Waals surface area (Å²) in [5, 5.41) is 21.8. The number of hydrogen-bond acceptors (Lipinski definition) is 5. The summed E-state index contributed by atoms with van der Waals surface area (Å²) in [6, 6.07) is 0. The molecule has 4 aliphatic rings. The number of fused-ring (bicyclic) bond motifs is 5. The van der Waals surface area contributed by atoms with E-state index in [0.29, 0.717) is 36.9 Å². The van der Waals surface area contributed by atoms with E-state index in [1.54, 1.807) is 0 Å². The van der Waals surface area contributed by atoms with Crippen LogP contribution in [0.4, 0.5) is 0 Å². The Kier molecular flexibility index (Phi) is 6.87. The number of rotatable bonds is 7. The SMILES string of the molecule is CN(C)CCOCCOC1CC[C@@H]2[C@@H](O)C[C@@H]3[C@H](CC[C@]4(C)[C@@H](O)CC[C@@H]34)[C@@]2(C)C1. The maximum atomic E-state index is 11.2. The van der Waals surface area contributed by atoms with Crippen LogP contribution < -0.4 is 0 Å². The van der Waals surface area contributed by atoms with Crippen LogP contribution in [0.15, 0.2) is 0 Å². The fourth-order valence-electron chi connectivity index (χ4n) is 8.11. The third-order valence-corrected chi connectivity index (χ3v) is 9.79. The highest BCUT2D eigenvalue weighted by Gasteiger charge is 2.62. The van der Waals surface area contributed by atoms with E-state index in [0.717, 1.165) is 58.1 Å². The molecule has 2 N–H and O–H groups in total. The maximum Gasteiger partial charge on any atom is 0.0704 e. The highest BCUT2D eigenvalue weighted by atomic mass is 16.5. The molecule has 9 atom stereocenters. The van der Waals surface area contributed by atoms with Gasteiger partial charge in [0, 0.05) is 6.54 Å². The van der Waals surface area contributed by atoms with Crippen molar-refractivity contribution >= 4 is 0 Å². The highest BCUT2D eigenvalue weighted by Crippen LogP contribution is 2.66. The van der Waals surface area contributed by atoms with Gasteiger partial charge in [-0.25, -0.2) is 0 Å². The lowest BCUT2D eigenvalue weighted by molar-refractivity contribution is -0.182. The lowest BCUT2D eigenvalue weighted by Crippen LogP contribution is -2.58. The minimum absolute atomic E-state index is 0.0680. The Hall–Kier alpha value is -0.200. The van der Waals surface area contributed by atoms with Crippen LogP contribution in [0.5, 0.6) is 0 Å². The first-order valence-corrected chi connectivity index (χ1v) is 12.5. The average Bonchev–Trinajstić information content (AvgIpc) is 2.99. The van der Waals surface area contributed by atoms with Crippen molar-refractivity contribution in [3.05, 3.63) is 0 Å². The number of aliphatic hydroxyl groups is 2. The quantitative estimate of drug-likeness (QED) is 0.615. The summed E-state index contributed by atoms with van der Waals surface area (Å²) in [5.74, 6) is 2.21. The van der Waals surface area contributed by atoms with E-state index in [2.05, 4.69) is 32.8 Å². The van der Waals surface area contributed by atoms with Gasteiger partial charge in [0.1, 0.15) is 0 Å². The molecule has 4 saturated carbocycles. The molecule has 0 amide bonds. The maximum absolute atomic E-state index is 11.2. The molecule has 0 saturated heterocycles. The summed E-state index contributed by atoms with van der Waals surface area (Å²) in [7, 11) is 4.12. The highest BCUT2D eigenvalue weighted by molar-refractivity contribution is 5.11. The van der Waals surface area contributed by atoms with Gasteiger partial charge >= 0.3 is 0 Å². The smallest absolute Gasteiger partial charge is 0.0704 e. The van der Waals surface area contributed by atoms with E-state index < -0.39 is 0 Å². The van der Waals surface area contributed by atoms with Gasteiger partial charge in [0.15, 0.2) is 0 Å². The molecule has 0 heterocycles. The molecule has 0 aromatic heterocycles. The molecule has 0 bridgehead atoms. The Morgan fingerprint density at radius 3 is 2.37 bits per heavy atom. The van der Waals surface area contributed by atoms with Crippen LogP contribution in [0.3, 0.4) is 0 Å². The number of nitrogens with zero attached hydrogens (tertiary/aromatic N) is 1. The zero-order valence-electron chi connectivity index (χ0n) is 19.7. The van der Waals surface area contributed by atoms with Crippen molar-refractivity contribution in [3.63, 3.8) is 0 Å². The average molecular weight is 424 g/mol. The van der Waals surface area contributed by atoms with Gasteiger partial charge in [-0.3, -0.25) is 0 Å². The zero-order chi connectivity index (χ0) is 21.5. The van der Waals surface area contributed by atoms with Crippen molar-refractivity contribution in [3.8, 4) is 0 Å². The molecule has 0 aromatic rings. The van der Waals surface area contributed by atoms with Crippen LogP contribution in [0, 0.1) is 34.5 Å². The molecular formula is C25H45NO4. The van der Waals surface area contributed by atoms with Crippen LogP contribution in [0.25, 0.3) is 0 Å². The standard InChI is InChI=1S/C25H45NO4/c1-24-10-9-20-18(19(24)7-8-23(24)28)15-22(27)21-6-5-17(16-25(20,21)2)30-14-13-29-12-11-26(3)4/h17-23,27-28H,5-16H2,1-4H3/t17?,18-,19-,20-,21+,22-,23-,24-,25+/m0/s1. The van der Waals surface area contributed by atoms with Crippen molar-refractivity contribution < 1.29 is 19.7 Å². The molecule has 30 heavy (non-hydrogen) atoms. The second-order valence-corrected chi connectivity index (χ2v) is 11.6. The van der Waals surface area contributed by atoms with Crippen molar-refractivity contribution in [1.82, 2.24) is 4.90 Å². The molecule has 4 fully saturated rings. The monoisotopic (exact) mass is 423 g/mol. The van der Waals surface area contributed by atoms with Crippen LogP contribution >= 0.6 is 0 Å². The third-order valence-electron chi connectivity index (χ3n) is 9.79. The first-order valence-electron chi connectivity index (χ1n) is 12.5. The normalized spacial score (nSPS) is 48.3. The summed E-state index contributed by atoms with van der Waals surface area (Å²) < 4.78 is 12.0. The molecule has 5 nitrogen and oxygen atoms in total.